The van der Waals surface area contributed by atoms with Crippen molar-refractivity contribution < 1.29 is 14.6 Å². The minimum Gasteiger partial charge on any atom is -0.493 e. The Hall–Kier alpha value is -2.59. The number of aliphatic hydroxyl groups is 1. The standard InChI is InChI=1S/C20H21NO3/c1-2-9-23-18-10-15(13-22)11-19(12-18)24-14-17-8-7-16-5-3-4-6-20(16)21-17/h3-8,10-12,22H,2,9,13-14H2,1H3. The Morgan fingerprint density at radius 3 is 2.54 bits per heavy atom. The summed E-state index contributed by atoms with van der Waals surface area (Å²) in [6.07, 6.45) is 0.931. The fourth-order valence-electron chi connectivity index (χ4n) is 2.45. The lowest BCUT2D eigenvalue weighted by atomic mass is 10.2. The fourth-order valence-corrected chi connectivity index (χ4v) is 2.45. The summed E-state index contributed by atoms with van der Waals surface area (Å²) in [5, 5.41) is 10.5. The molecular formula is C20H21NO3. The Bertz CT molecular complexity index is 817. The van der Waals surface area contributed by atoms with Crippen LogP contribution in [0.4, 0.5) is 0 Å². The quantitative estimate of drug-likeness (QED) is 0.711. The topological polar surface area (TPSA) is 51.6 Å². The van der Waals surface area contributed by atoms with Crippen molar-refractivity contribution in [3.63, 3.8) is 0 Å². The van der Waals surface area contributed by atoms with Gasteiger partial charge in [-0.05, 0) is 36.2 Å². The lowest BCUT2D eigenvalue weighted by Gasteiger charge is -2.11. The molecule has 0 aliphatic carbocycles. The Kier molecular flexibility index (Phi) is 5.29. The molecule has 3 aromatic rings. The summed E-state index contributed by atoms with van der Waals surface area (Å²) in [5.41, 5.74) is 2.58. The number of benzene rings is 2. The van der Waals surface area contributed by atoms with Gasteiger partial charge in [-0.1, -0.05) is 31.2 Å². The smallest absolute Gasteiger partial charge is 0.130 e. The molecule has 3 rings (SSSR count). The Balaban J connectivity index is 1.74. The van der Waals surface area contributed by atoms with Gasteiger partial charge in [-0.2, -0.15) is 0 Å². The molecule has 1 heterocycles. The minimum absolute atomic E-state index is 0.0477. The average Bonchev–Trinajstić information content (AvgIpc) is 2.64. The van der Waals surface area contributed by atoms with Crippen molar-refractivity contribution in [2.24, 2.45) is 0 Å². The second-order valence-electron chi connectivity index (χ2n) is 5.60. The highest BCUT2D eigenvalue weighted by molar-refractivity contribution is 5.78. The van der Waals surface area contributed by atoms with Crippen LogP contribution in [-0.4, -0.2) is 16.7 Å². The molecule has 4 heteroatoms. The molecule has 0 amide bonds. The van der Waals surface area contributed by atoms with E-state index in [2.05, 4.69) is 11.9 Å². The molecule has 1 aromatic heterocycles. The van der Waals surface area contributed by atoms with E-state index >= 15 is 0 Å². The summed E-state index contributed by atoms with van der Waals surface area (Å²) < 4.78 is 11.5. The SMILES string of the molecule is CCCOc1cc(CO)cc(OCc2ccc3ccccc3n2)c1. The number of ether oxygens (including phenoxy) is 2. The first-order chi connectivity index (χ1) is 11.8. The number of hydrogen-bond acceptors (Lipinski definition) is 4. The highest BCUT2D eigenvalue weighted by Crippen LogP contribution is 2.24. The van der Waals surface area contributed by atoms with E-state index in [1.165, 1.54) is 0 Å². The molecule has 0 aliphatic rings. The van der Waals surface area contributed by atoms with Crippen LogP contribution < -0.4 is 9.47 Å². The van der Waals surface area contributed by atoms with Gasteiger partial charge in [-0.3, -0.25) is 0 Å². The van der Waals surface area contributed by atoms with E-state index in [-0.39, 0.29) is 6.61 Å². The highest BCUT2D eigenvalue weighted by atomic mass is 16.5. The lowest BCUT2D eigenvalue weighted by molar-refractivity contribution is 0.272. The maximum absolute atomic E-state index is 9.39. The molecule has 1 N–H and O–H groups in total. The molecule has 0 unspecified atom stereocenters. The molecule has 0 spiro atoms. The maximum Gasteiger partial charge on any atom is 0.130 e. The maximum atomic E-state index is 9.39. The summed E-state index contributed by atoms with van der Waals surface area (Å²) >= 11 is 0. The van der Waals surface area contributed by atoms with Gasteiger partial charge >= 0.3 is 0 Å². The number of para-hydroxylation sites is 1. The van der Waals surface area contributed by atoms with Crippen molar-refractivity contribution in [3.05, 3.63) is 65.9 Å². The third-order valence-corrected chi connectivity index (χ3v) is 3.64. The van der Waals surface area contributed by atoms with Gasteiger partial charge in [0.25, 0.3) is 0 Å². The third-order valence-electron chi connectivity index (χ3n) is 3.64. The fraction of sp³-hybridized carbons (Fsp3) is 0.250. The van der Waals surface area contributed by atoms with Gasteiger partial charge in [0.05, 0.1) is 24.4 Å². The largest absolute Gasteiger partial charge is 0.493 e. The van der Waals surface area contributed by atoms with Crippen LogP contribution in [0.5, 0.6) is 11.5 Å². The van der Waals surface area contributed by atoms with Crippen molar-refractivity contribution in [1.29, 1.82) is 0 Å². The molecule has 24 heavy (non-hydrogen) atoms. The monoisotopic (exact) mass is 323 g/mol. The Labute approximate surface area is 141 Å². The molecule has 4 nitrogen and oxygen atoms in total. The third kappa shape index (κ3) is 4.03. The van der Waals surface area contributed by atoms with Gasteiger partial charge in [0.15, 0.2) is 0 Å². The van der Waals surface area contributed by atoms with Gasteiger partial charge in [-0.15, -0.1) is 0 Å². The van der Waals surface area contributed by atoms with Crippen LogP contribution in [0.1, 0.15) is 24.6 Å². The normalized spacial score (nSPS) is 10.8. The zero-order valence-corrected chi connectivity index (χ0v) is 13.7. The molecule has 0 saturated carbocycles. The van der Waals surface area contributed by atoms with E-state index in [0.717, 1.165) is 28.6 Å². The molecule has 0 saturated heterocycles. The van der Waals surface area contributed by atoms with E-state index in [1.807, 2.05) is 54.6 Å². The Morgan fingerprint density at radius 2 is 1.75 bits per heavy atom. The van der Waals surface area contributed by atoms with Crippen molar-refractivity contribution in [3.8, 4) is 11.5 Å². The highest BCUT2D eigenvalue weighted by Gasteiger charge is 2.05. The number of nitrogens with zero attached hydrogens (tertiary/aromatic N) is 1. The van der Waals surface area contributed by atoms with Crippen molar-refractivity contribution >= 4 is 10.9 Å². The predicted octanol–water partition coefficient (Wildman–Crippen LogP) is 4.09. The molecule has 124 valence electrons. The minimum atomic E-state index is -0.0477. The number of hydrogen-bond donors (Lipinski definition) is 1. The van der Waals surface area contributed by atoms with E-state index in [0.29, 0.717) is 24.7 Å². The van der Waals surface area contributed by atoms with Gasteiger partial charge < -0.3 is 14.6 Å². The van der Waals surface area contributed by atoms with E-state index in [1.54, 1.807) is 0 Å². The van der Waals surface area contributed by atoms with Gasteiger partial charge in [-0.25, -0.2) is 4.98 Å². The van der Waals surface area contributed by atoms with Gasteiger partial charge in [0.1, 0.15) is 18.1 Å². The zero-order valence-electron chi connectivity index (χ0n) is 13.7. The summed E-state index contributed by atoms with van der Waals surface area (Å²) in [6, 6.07) is 17.5. The zero-order chi connectivity index (χ0) is 16.8. The van der Waals surface area contributed by atoms with E-state index in [4.69, 9.17) is 9.47 Å². The first-order valence-corrected chi connectivity index (χ1v) is 8.13. The van der Waals surface area contributed by atoms with Crippen molar-refractivity contribution in [2.45, 2.75) is 26.6 Å². The van der Waals surface area contributed by atoms with Crippen LogP contribution in [0.3, 0.4) is 0 Å². The molecular weight excluding hydrogens is 302 g/mol. The van der Waals surface area contributed by atoms with E-state index in [9.17, 15) is 5.11 Å². The van der Waals surface area contributed by atoms with Crippen LogP contribution in [0.25, 0.3) is 10.9 Å². The molecule has 0 atom stereocenters. The molecule has 0 bridgehead atoms. The van der Waals surface area contributed by atoms with Crippen LogP contribution in [0, 0.1) is 0 Å². The predicted molar refractivity (Wildman–Crippen MR) is 94.2 cm³/mol. The summed E-state index contributed by atoms with van der Waals surface area (Å²) in [5.74, 6) is 1.38. The average molecular weight is 323 g/mol. The first kappa shape index (κ1) is 16.3. The van der Waals surface area contributed by atoms with Gasteiger partial charge in [0.2, 0.25) is 0 Å². The molecule has 0 radical (unpaired) electrons. The number of aromatic nitrogens is 1. The summed E-state index contributed by atoms with van der Waals surface area (Å²) in [7, 11) is 0. The van der Waals surface area contributed by atoms with Crippen LogP contribution in [0.2, 0.25) is 0 Å². The molecule has 0 fully saturated rings. The van der Waals surface area contributed by atoms with E-state index < -0.39 is 0 Å². The number of pyridine rings is 1. The molecule has 0 aliphatic heterocycles. The molecule has 2 aromatic carbocycles. The van der Waals surface area contributed by atoms with Crippen molar-refractivity contribution in [1.82, 2.24) is 4.98 Å². The number of aliphatic hydroxyl groups excluding tert-OH is 1. The van der Waals surface area contributed by atoms with Gasteiger partial charge in [0, 0.05) is 11.5 Å². The Morgan fingerprint density at radius 1 is 0.958 bits per heavy atom. The number of fused-ring (bicyclic) bond motifs is 1. The first-order valence-electron chi connectivity index (χ1n) is 8.13. The second kappa shape index (κ2) is 7.79. The van der Waals surface area contributed by atoms with Crippen LogP contribution in [0.15, 0.2) is 54.6 Å². The second-order valence-corrected chi connectivity index (χ2v) is 5.60. The lowest BCUT2D eigenvalue weighted by Crippen LogP contribution is -2.01. The van der Waals surface area contributed by atoms with Crippen molar-refractivity contribution in [2.75, 3.05) is 6.61 Å². The van der Waals surface area contributed by atoms with Crippen LogP contribution >= 0.6 is 0 Å². The summed E-state index contributed by atoms with van der Waals surface area (Å²) in [6.45, 7) is 3.01. The van der Waals surface area contributed by atoms with Crippen LogP contribution in [-0.2, 0) is 13.2 Å². The summed E-state index contributed by atoms with van der Waals surface area (Å²) in [4.78, 5) is 4.60. The number of rotatable bonds is 7.